The number of aliphatic hydroxyl groups excluding tert-OH is 10. The van der Waals surface area contributed by atoms with Crippen molar-refractivity contribution in [1.29, 1.82) is 0 Å². The maximum absolute atomic E-state index is 13.8. The summed E-state index contributed by atoms with van der Waals surface area (Å²) in [5.74, 6) is -4.89. The highest BCUT2D eigenvalue weighted by Crippen LogP contribution is 2.28. The Hall–Kier alpha value is -5.61. The van der Waals surface area contributed by atoms with Crippen LogP contribution >= 0.6 is 0 Å². The minimum atomic E-state index is -1.54. The van der Waals surface area contributed by atoms with E-state index in [2.05, 4.69) is 47.9 Å². The molecule has 9 amide bonds. The van der Waals surface area contributed by atoms with E-state index in [-0.39, 0.29) is 130 Å². The summed E-state index contributed by atoms with van der Waals surface area (Å²) in [5.41, 5.74) is -0.404. The first-order valence-electron chi connectivity index (χ1n) is 36.9. The fourth-order valence-electron chi connectivity index (χ4n) is 12.1. The third kappa shape index (κ3) is 35.5. The fraction of sp³-hybridized carbons (Fsp3) is 0.868. The Morgan fingerprint density at radius 1 is 0.402 bits per heavy atom. The molecule has 0 bridgehead atoms. The highest BCUT2D eigenvalue weighted by Gasteiger charge is 2.48. The predicted octanol–water partition coefficient (Wildman–Crippen LogP) is -6.85. The number of hydrogen-bond donors (Lipinski definition) is 19. The number of carbonyl (C=O) groups is 9. The molecule has 618 valence electrons. The van der Waals surface area contributed by atoms with E-state index in [0.29, 0.717) is 38.6 Å². The molecule has 39 heteroatoms. The molecular formula is C68H121N9O30. The molecule has 0 aromatic rings. The Morgan fingerprint density at radius 2 is 0.738 bits per heavy atom. The van der Waals surface area contributed by atoms with Gasteiger partial charge < -0.3 is 151 Å². The van der Waals surface area contributed by atoms with Gasteiger partial charge in [0.15, 0.2) is 18.9 Å². The topological polar surface area (TPSA) is 566 Å². The third-order valence-electron chi connectivity index (χ3n) is 17.6. The van der Waals surface area contributed by atoms with Gasteiger partial charge in [-0.15, -0.1) is 0 Å². The Bertz CT molecular complexity index is 2640. The summed E-state index contributed by atoms with van der Waals surface area (Å²) in [6, 6.07) is -6.17. The van der Waals surface area contributed by atoms with E-state index in [9.17, 15) is 94.2 Å². The van der Waals surface area contributed by atoms with Crippen LogP contribution in [0.25, 0.3) is 0 Å². The van der Waals surface area contributed by atoms with Gasteiger partial charge in [-0.3, -0.25) is 43.2 Å². The van der Waals surface area contributed by atoms with E-state index in [1.54, 1.807) is 0 Å². The molecule has 0 saturated carbocycles. The number of carbonyl (C=O) groups excluding carboxylic acids is 9. The highest BCUT2D eigenvalue weighted by atomic mass is 16.7. The highest BCUT2D eigenvalue weighted by molar-refractivity contribution is 5.90. The van der Waals surface area contributed by atoms with E-state index in [0.717, 1.165) is 32.1 Å². The molecule has 4 fully saturated rings. The first kappa shape index (κ1) is 93.8. The van der Waals surface area contributed by atoms with Gasteiger partial charge in [0.1, 0.15) is 91.2 Å². The second-order valence-corrected chi connectivity index (χ2v) is 27.6. The summed E-state index contributed by atoms with van der Waals surface area (Å²) < 4.78 is 62.4. The number of nitrogens with one attached hydrogen (secondary N) is 9. The summed E-state index contributed by atoms with van der Waals surface area (Å²) in [6.07, 6.45) is -11.6. The van der Waals surface area contributed by atoms with Crippen LogP contribution in [-0.4, -0.2) is 344 Å². The molecule has 39 nitrogen and oxygen atoms in total. The average Bonchev–Trinajstić information content (AvgIpc) is 1.61. The molecule has 4 heterocycles. The maximum Gasteiger partial charge on any atom is 0.242 e. The number of hydrogen-bond acceptors (Lipinski definition) is 30. The van der Waals surface area contributed by atoms with Crippen LogP contribution < -0.4 is 47.9 Å². The SMILES string of the molecule is CC(=O)NC1C(OCCOCCNC(=O)CCC(NC(=O)CCC(NC(=O)CCCCCCCCCCC(=O)NC[C@@H]2C[C@H](OC(C)(C)C)[C@@H](CO)O2)C(=O)NCCOCCOC2OC(CO)C(O)C(O)C2NC(C)=O)C(=O)NCCOCCOC2OC(CO)C(O)C(O)C2NC(C)=O)OC(CO)C(O)C1O. The third-order valence-corrected chi connectivity index (χ3v) is 17.6. The van der Waals surface area contributed by atoms with E-state index in [4.69, 9.17) is 52.1 Å². The fourth-order valence-corrected chi connectivity index (χ4v) is 12.1. The van der Waals surface area contributed by atoms with Gasteiger partial charge >= 0.3 is 0 Å². The maximum atomic E-state index is 13.8. The van der Waals surface area contributed by atoms with Crippen LogP contribution in [0.2, 0.25) is 0 Å². The second kappa shape index (κ2) is 51.0. The summed E-state index contributed by atoms with van der Waals surface area (Å²) >= 11 is 0. The van der Waals surface area contributed by atoms with Crippen molar-refractivity contribution in [2.75, 3.05) is 112 Å². The average molecular weight is 1540 g/mol. The van der Waals surface area contributed by atoms with Crippen LogP contribution in [0.4, 0.5) is 0 Å². The van der Waals surface area contributed by atoms with Gasteiger partial charge in [0.2, 0.25) is 53.2 Å². The van der Waals surface area contributed by atoms with E-state index < -0.39 is 189 Å². The minimum absolute atomic E-state index is 0.0226. The second-order valence-electron chi connectivity index (χ2n) is 27.6. The molecule has 0 aromatic carbocycles. The molecule has 4 aliphatic rings. The van der Waals surface area contributed by atoms with E-state index in [1.807, 2.05) is 20.8 Å². The van der Waals surface area contributed by atoms with Crippen molar-refractivity contribution in [3.05, 3.63) is 0 Å². The van der Waals surface area contributed by atoms with Gasteiger partial charge in [0, 0.05) is 79.1 Å². The Balaban J connectivity index is 1.32. The van der Waals surface area contributed by atoms with Gasteiger partial charge in [0.05, 0.1) is 104 Å². The lowest BCUT2D eigenvalue weighted by Gasteiger charge is -2.42. The zero-order chi connectivity index (χ0) is 79.0. The zero-order valence-electron chi connectivity index (χ0n) is 62.3. The summed E-state index contributed by atoms with van der Waals surface area (Å²) in [6.45, 7) is 6.38. The smallest absolute Gasteiger partial charge is 0.242 e. The van der Waals surface area contributed by atoms with Crippen molar-refractivity contribution < 1.29 is 146 Å². The molecule has 0 radical (unpaired) electrons. The lowest BCUT2D eigenvalue weighted by molar-refractivity contribution is -0.272. The van der Waals surface area contributed by atoms with Gasteiger partial charge in [0.25, 0.3) is 0 Å². The van der Waals surface area contributed by atoms with Crippen LogP contribution in [0.1, 0.15) is 138 Å². The molecule has 4 aliphatic heterocycles. The number of rotatable bonds is 52. The van der Waals surface area contributed by atoms with Crippen molar-refractivity contribution in [1.82, 2.24) is 47.9 Å². The predicted molar refractivity (Wildman–Crippen MR) is 372 cm³/mol. The van der Waals surface area contributed by atoms with Crippen molar-refractivity contribution in [3.8, 4) is 0 Å². The Morgan fingerprint density at radius 3 is 1.10 bits per heavy atom. The summed E-state index contributed by atoms with van der Waals surface area (Å²) in [4.78, 5) is 116. The molecule has 0 aliphatic carbocycles. The number of ether oxygens (including phenoxy) is 11. The Kier molecular flexibility index (Phi) is 44.7. The summed E-state index contributed by atoms with van der Waals surface area (Å²) in [7, 11) is 0. The monoisotopic (exact) mass is 1540 g/mol. The van der Waals surface area contributed by atoms with Gasteiger partial charge in [-0.2, -0.15) is 0 Å². The van der Waals surface area contributed by atoms with Crippen LogP contribution in [0.3, 0.4) is 0 Å². The normalized spacial score (nSPS) is 27.8. The largest absolute Gasteiger partial charge is 0.394 e. The lowest BCUT2D eigenvalue weighted by Crippen LogP contribution is -2.64. The minimum Gasteiger partial charge on any atom is -0.394 e. The van der Waals surface area contributed by atoms with Crippen molar-refractivity contribution in [2.24, 2.45) is 0 Å². The van der Waals surface area contributed by atoms with Crippen LogP contribution in [0.5, 0.6) is 0 Å². The summed E-state index contributed by atoms with van der Waals surface area (Å²) in [5, 5.41) is 125. The van der Waals surface area contributed by atoms with Crippen LogP contribution in [0.15, 0.2) is 0 Å². The van der Waals surface area contributed by atoms with Crippen molar-refractivity contribution >= 4 is 53.2 Å². The van der Waals surface area contributed by atoms with Crippen LogP contribution in [-0.2, 0) is 95.3 Å². The van der Waals surface area contributed by atoms with Crippen LogP contribution in [0, 0.1) is 0 Å². The van der Waals surface area contributed by atoms with Crippen molar-refractivity contribution in [2.45, 2.75) is 266 Å². The number of aliphatic hydroxyl groups is 10. The molecule has 17 unspecified atom stereocenters. The molecule has 4 saturated heterocycles. The van der Waals surface area contributed by atoms with E-state index >= 15 is 0 Å². The molecule has 4 rings (SSSR count). The first-order chi connectivity index (χ1) is 51.0. The van der Waals surface area contributed by atoms with Crippen molar-refractivity contribution in [3.63, 3.8) is 0 Å². The van der Waals surface area contributed by atoms with Gasteiger partial charge in [-0.25, -0.2) is 0 Å². The lowest BCUT2D eigenvalue weighted by atomic mass is 9.97. The zero-order valence-corrected chi connectivity index (χ0v) is 62.3. The molecule has 0 aromatic heterocycles. The molecule has 0 spiro atoms. The Labute approximate surface area is 623 Å². The molecular weight excluding hydrogens is 1420 g/mol. The number of unbranched alkanes of at least 4 members (excludes halogenated alkanes) is 7. The number of amides is 9. The quantitative estimate of drug-likeness (QED) is 0.0252. The molecule has 107 heavy (non-hydrogen) atoms. The molecule has 20 atom stereocenters. The van der Waals surface area contributed by atoms with E-state index in [1.165, 1.54) is 20.8 Å². The standard InChI is InChI=1S/C68H121N9O30/c1-39(82)73-54-60(92)57(89)47(36-79)104-65(54)100-30-27-97-24-21-69-51(86)19-17-43(63(95)70-22-25-98-28-31-101-66-55(74-40(2)83)61(93)58(90)48(37-80)105-66)77-53(88)20-18-44(64(96)71-23-26-99-29-32-102-67-56(75-41(3)84)62(94)59(91)49(38-81)106-67)76-52(87)16-14-12-10-8-7-9-11-13-15-50(85)72-34-42-33-45(46(35-78)103-42)107-68(4,5)6/h42-49,54-62,65-67,78-81,89-94H,7-38H2,1-6H3,(H,69,86)(H,70,95)(H,71,96)(H,72,85)(H,73,82)(H,74,83)(H,75,84)(H,76,87)(H,77,88)/t42-,43?,44?,45-,46+,47?,48?,49?,54?,55?,56?,57?,58?,59?,60?,61?,62?,65?,66?,67?/m0/s1. The first-order valence-corrected chi connectivity index (χ1v) is 36.9. The van der Waals surface area contributed by atoms with Gasteiger partial charge in [-0.1, -0.05) is 38.5 Å². The van der Waals surface area contributed by atoms with Gasteiger partial charge in [-0.05, 0) is 46.5 Å². The molecule has 19 N–H and O–H groups in total.